The van der Waals surface area contributed by atoms with Gasteiger partial charge in [0.25, 0.3) is 0 Å². The van der Waals surface area contributed by atoms with E-state index in [1.807, 2.05) is 0 Å². The quantitative estimate of drug-likeness (QED) is 0.255. The lowest BCUT2D eigenvalue weighted by Crippen LogP contribution is -2.67. The predicted molar refractivity (Wildman–Crippen MR) is 70.5 cm³/mol. The third-order valence-corrected chi connectivity index (χ3v) is 3.84. The number of hydrogen-bond acceptors (Lipinski definition) is 5. The van der Waals surface area contributed by atoms with Gasteiger partial charge >= 0.3 is 6.03 Å². The fraction of sp³-hybridized carbons (Fsp3) is 0.600. The van der Waals surface area contributed by atoms with Crippen molar-refractivity contribution < 1.29 is 19.4 Å². The molecule has 0 spiro atoms. The fourth-order valence-corrected chi connectivity index (χ4v) is 2.40. The number of aliphatic hydroxyl groups is 1. The monoisotopic (exact) mass is 345 g/mol. The number of hydrogen-bond donors (Lipinski definition) is 2. The summed E-state index contributed by atoms with van der Waals surface area (Å²) in [5.41, 5.74) is 8.65. The second kappa shape index (κ2) is 5.41. The normalized spacial score (nSPS) is 36.8. The van der Waals surface area contributed by atoms with Gasteiger partial charge in [0.1, 0.15) is 16.6 Å². The molecule has 0 aromatic heterocycles. The van der Waals surface area contributed by atoms with E-state index in [1.54, 1.807) is 12.2 Å². The summed E-state index contributed by atoms with van der Waals surface area (Å²) in [7, 11) is 0. The van der Waals surface area contributed by atoms with Crippen LogP contribution in [0.2, 0.25) is 0 Å². The summed E-state index contributed by atoms with van der Waals surface area (Å²) >= 11 is 3.17. The van der Waals surface area contributed by atoms with Crippen LogP contribution in [0.25, 0.3) is 10.4 Å². The lowest BCUT2D eigenvalue weighted by atomic mass is 10.0. The number of nitrogens with one attached hydrogen (secondary N) is 1. The van der Waals surface area contributed by atoms with Crippen molar-refractivity contribution >= 4 is 27.9 Å². The number of carbonyl (C=O) groups excluding carboxylic acids is 2. The Bertz CT molecular complexity index is 516. The van der Waals surface area contributed by atoms with E-state index in [-0.39, 0.29) is 6.61 Å². The molecule has 0 aliphatic carbocycles. The number of carbonyl (C=O) groups is 2. The molecule has 10 heteroatoms. The predicted octanol–water partition coefficient (Wildman–Crippen LogP) is 0.602. The van der Waals surface area contributed by atoms with Crippen molar-refractivity contribution in [3.63, 3.8) is 0 Å². The molecule has 2 heterocycles. The summed E-state index contributed by atoms with van der Waals surface area (Å²) in [6.45, 7) is 1.25. The van der Waals surface area contributed by atoms with Crippen molar-refractivity contribution in [1.29, 1.82) is 0 Å². The lowest BCUT2D eigenvalue weighted by molar-refractivity contribution is -0.128. The van der Waals surface area contributed by atoms with Crippen LogP contribution in [0.4, 0.5) is 4.79 Å². The Hall–Kier alpha value is -1.61. The average molecular weight is 346 g/mol. The van der Waals surface area contributed by atoms with Gasteiger partial charge in [-0.05, 0) is 18.5 Å². The first kappa shape index (κ1) is 14.8. The van der Waals surface area contributed by atoms with Gasteiger partial charge < -0.3 is 9.84 Å². The van der Waals surface area contributed by atoms with Crippen molar-refractivity contribution in [2.45, 2.75) is 29.7 Å². The molecular formula is C10H12BrN5O4. The Morgan fingerprint density at radius 3 is 2.90 bits per heavy atom. The first-order valence-electron chi connectivity index (χ1n) is 5.73. The highest BCUT2D eigenvalue weighted by molar-refractivity contribution is 9.10. The number of urea groups is 1. The van der Waals surface area contributed by atoms with Crippen LogP contribution >= 0.6 is 15.9 Å². The zero-order valence-corrected chi connectivity index (χ0v) is 12.0. The molecular weight excluding hydrogens is 334 g/mol. The first-order valence-corrected chi connectivity index (χ1v) is 6.52. The second-order valence-corrected chi connectivity index (χ2v) is 6.10. The van der Waals surface area contributed by atoms with Crippen LogP contribution in [0.5, 0.6) is 0 Å². The van der Waals surface area contributed by atoms with Crippen LogP contribution in [-0.4, -0.2) is 51.4 Å². The van der Waals surface area contributed by atoms with Crippen LogP contribution in [0.15, 0.2) is 17.3 Å². The van der Waals surface area contributed by atoms with Gasteiger partial charge in [-0.15, -0.1) is 0 Å². The molecule has 0 aromatic rings. The van der Waals surface area contributed by atoms with Crippen LogP contribution in [0.3, 0.4) is 0 Å². The van der Waals surface area contributed by atoms with E-state index in [0.717, 1.165) is 4.90 Å². The van der Waals surface area contributed by atoms with Gasteiger partial charge in [-0.25, -0.2) is 4.79 Å². The zero-order valence-electron chi connectivity index (χ0n) is 10.4. The van der Waals surface area contributed by atoms with Crippen molar-refractivity contribution in [3.8, 4) is 0 Å². The lowest BCUT2D eigenvalue weighted by Gasteiger charge is -2.43. The molecule has 4 atom stereocenters. The van der Waals surface area contributed by atoms with Gasteiger partial charge in [0.15, 0.2) is 6.23 Å². The summed E-state index contributed by atoms with van der Waals surface area (Å²) in [6.07, 6.45) is 0.680. The summed E-state index contributed by atoms with van der Waals surface area (Å²) in [5.74, 6) is -0.600. The summed E-state index contributed by atoms with van der Waals surface area (Å²) in [6, 6.07) is -0.724. The number of ether oxygens (including phenoxy) is 1. The number of alkyl halides is 1. The zero-order chi connectivity index (χ0) is 14.9. The third-order valence-electron chi connectivity index (χ3n) is 3.07. The number of aliphatic hydroxyl groups excluding tert-OH is 1. The molecule has 2 rings (SSSR count). The Morgan fingerprint density at radius 2 is 2.35 bits per heavy atom. The van der Waals surface area contributed by atoms with E-state index in [2.05, 4.69) is 31.3 Å². The Balaban J connectivity index is 2.33. The van der Waals surface area contributed by atoms with Gasteiger partial charge in [0, 0.05) is 4.91 Å². The molecule has 1 fully saturated rings. The number of rotatable bonds is 3. The van der Waals surface area contributed by atoms with Crippen molar-refractivity contribution in [1.82, 2.24) is 10.2 Å². The molecule has 0 radical (unpaired) electrons. The highest BCUT2D eigenvalue weighted by atomic mass is 79.9. The molecule has 9 nitrogen and oxygen atoms in total. The van der Waals surface area contributed by atoms with E-state index in [0.29, 0.717) is 0 Å². The van der Waals surface area contributed by atoms with Crippen molar-refractivity contribution in [3.05, 3.63) is 22.6 Å². The summed E-state index contributed by atoms with van der Waals surface area (Å²) in [4.78, 5) is 27.6. The van der Waals surface area contributed by atoms with Gasteiger partial charge in [-0.1, -0.05) is 27.1 Å². The van der Waals surface area contributed by atoms with Crippen molar-refractivity contribution in [2.75, 3.05) is 6.61 Å². The SMILES string of the molecule is CC1(Br)C(=O)NC(=O)N([C@H]2C=C[C@@H](CO)O2)C1N=[N+]=[N-]. The summed E-state index contributed by atoms with van der Waals surface area (Å²) in [5, 5.41) is 14.7. The smallest absolute Gasteiger partial charge is 0.326 e. The molecule has 2 unspecified atom stereocenters. The van der Waals surface area contributed by atoms with Crippen molar-refractivity contribution in [2.24, 2.45) is 5.11 Å². The van der Waals surface area contributed by atoms with Crippen LogP contribution in [0.1, 0.15) is 6.92 Å². The topological polar surface area (TPSA) is 128 Å². The first-order chi connectivity index (χ1) is 9.41. The van der Waals surface area contributed by atoms with E-state index >= 15 is 0 Å². The number of amides is 3. The van der Waals surface area contributed by atoms with E-state index in [4.69, 9.17) is 15.4 Å². The number of imide groups is 1. The second-order valence-electron chi connectivity index (χ2n) is 4.45. The molecule has 2 N–H and O–H groups in total. The Kier molecular flexibility index (Phi) is 4.00. The molecule has 2 aliphatic rings. The third kappa shape index (κ3) is 2.38. The largest absolute Gasteiger partial charge is 0.393 e. The van der Waals surface area contributed by atoms with Crippen LogP contribution in [0, 0.1) is 0 Å². The molecule has 0 saturated carbocycles. The van der Waals surface area contributed by atoms with E-state index < -0.39 is 34.8 Å². The maximum atomic E-state index is 12.0. The highest BCUT2D eigenvalue weighted by Crippen LogP contribution is 2.34. The van der Waals surface area contributed by atoms with Gasteiger partial charge in [-0.2, -0.15) is 0 Å². The van der Waals surface area contributed by atoms with Gasteiger partial charge in [0.05, 0.1) is 6.61 Å². The average Bonchev–Trinajstić information content (AvgIpc) is 2.85. The molecule has 3 amide bonds. The number of halogens is 1. The molecule has 1 saturated heterocycles. The molecule has 0 bridgehead atoms. The van der Waals surface area contributed by atoms with Crippen LogP contribution in [-0.2, 0) is 9.53 Å². The minimum atomic E-state index is -1.28. The minimum absolute atomic E-state index is 0.237. The fourth-order valence-electron chi connectivity index (χ4n) is 1.99. The van der Waals surface area contributed by atoms with Gasteiger partial charge in [-0.3, -0.25) is 15.0 Å². The van der Waals surface area contributed by atoms with Gasteiger partial charge in [0.2, 0.25) is 5.91 Å². The maximum absolute atomic E-state index is 12.0. The highest BCUT2D eigenvalue weighted by Gasteiger charge is 2.51. The molecule has 20 heavy (non-hydrogen) atoms. The minimum Gasteiger partial charge on any atom is -0.393 e. The Labute approximate surface area is 122 Å². The molecule has 108 valence electrons. The maximum Gasteiger partial charge on any atom is 0.326 e. The molecule has 0 aromatic carbocycles. The Morgan fingerprint density at radius 1 is 1.65 bits per heavy atom. The van der Waals surface area contributed by atoms with E-state index in [9.17, 15) is 9.59 Å². The van der Waals surface area contributed by atoms with E-state index in [1.165, 1.54) is 6.92 Å². The number of azide groups is 1. The number of nitrogens with zero attached hydrogens (tertiary/aromatic N) is 4. The summed E-state index contributed by atoms with van der Waals surface area (Å²) < 4.78 is 4.14. The molecule has 2 aliphatic heterocycles. The standard InChI is InChI=1S/C10H12BrN5O4/c1-10(11)7(14-15-12)16(9(19)13-8(10)18)6-3-2-5(4-17)20-6/h2-3,5-7,17H,4H2,1H3,(H,13,18,19)/t5-,6+,7?,10?/m0/s1. The van der Waals surface area contributed by atoms with Crippen LogP contribution < -0.4 is 5.32 Å².